The van der Waals surface area contributed by atoms with E-state index in [1.54, 1.807) is 0 Å². The SMILES string of the molecule is Cc1noc(C)c1S(=O)(=O)N[C@@H](C)C(=O)N1CCN(C(=O)c2ccccc2C(F)(F)F)CC1. The van der Waals surface area contributed by atoms with Crippen LogP contribution in [0.4, 0.5) is 13.2 Å². The van der Waals surface area contributed by atoms with E-state index in [1.165, 1.54) is 42.7 Å². The van der Waals surface area contributed by atoms with Crippen LogP contribution in [0.25, 0.3) is 0 Å². The summed E-state index contributed by atoms with van der Waals surface area (Å²) in [5.74, 6) is -1.21. The van der Waals surface area contributed by atoms with Gasteiger partial charge in [0.25, 0.3) is 5.91 Å². The van der Waals surface area contributed by atoms with Crippen LogP contribution in [0.1, 0.15) is 34.3 Å². The Labute approximate surface area is 188 Å². The second-order valence-electron chi connectivity index (χ2n) is 7.66. The van der Waals surface area contributed by atoms with Crippen molar-refractivity contribution in [2.45, 2.75) is 37.9 Å². The van der Waals surface area contributed by atoms with E-state index >= 15 is 0 Å². The van der Waals surface area contributed by atoms with Gasteiger partial charge in [0, 0.05) is 26.2 Å². The first-order valence-electron chi connectivity index (χ1n) is 10.0. The second-order valence-corrected chi connectivity index (χ2v) is 9.31. The minimum absolute atomic E-state index is 0.0140. The predicted octanol–water partition coefficient (Wildman–Crippen LogP) is 1.96. The lowest BCUT2D eigenvalue weighted by Gasteiger charge is -2.36. The number of piperazine rings is 1. The standard InChI is InChI=1S/C20H23F3N4O5S/c1-12-17(14(3)32-24-12)33(30,31)25-13(2)18(28)26-8-10-27(11-9-26)19(29)15-6-4-5-7-16(15)20(21,22)23/h4-7,13,25H,8-11H2,1-3H3/t13-/m0/s1. The van der Waals surface area contributed by atoms with E-state index in [0.29, 0.717) is 0 Å². The van der Waals surface area contributed by atoms with Gasteiger partial charge in [-0.1, -0.05) is 17.3 Å². The Balaban J connectivity index is 1.64. The van der Waals surface area contributed by atoms with Crippen molar-refractivity contribution < 1.29 is 35.7 Å². The molecule has 0 bridgehead atoms. The van der Waals surface area contributed by atoms with Gasteiger partial charge in [-0.3, -0.25) is 9.59 Å². The highest BCUT2D eigenvalue weighted by Crippen LogP contribution is 2.32. The monoisotopic (exact) mass is 488 g/mol. The fourth-order valence-electron chi connectivity index (χ4n) is 3.69. The molecule has 0 saturated carbocycles. The molecule has 33 heavy (non-hydrogen) atoms. The molecule has 1 N–H and O–H groups in total. The molecule has 0 spiro atoms. The van der Waals surface area contributed by atoms with Crippen molar-refractivity contribution in [2.75, 3.05) is 26.2 Å². The fraction of sp³-hybridized carbons (Fsp3) is 0.450. The zero-order valence-electron chi connectivity index (χ0n) is 18.1. The zero-order valence-corrected chi connectivity index (χ0v) is 19.0. The van der Waals surface area contributed by atoms with Crippen molar-refractivity contribution in [2.24, 2.45) is 0 Å². The van der Waals surface area contributed by atoms with Crippen LogP contribution in [-0.2, 0) is 21.0 Å². The molecule has 1 aromatic carbocycles. The topological polar surface area (TPSA) is 113 Å². The van der Waals surface area contributed by atoms with Crippen LogP contribution in [0.3, 0.4) is 0 Å². The Kier molecular flexibility index (Phi) is 6.84. The summed E-state index contributed by atoms with van der Waals surface area (Å²) in [6.07, 6.45) is -4.67. The summed E-state index contributed by atoms with van der Waals surface area (Å²) >= 11 is 0. The lowest BCUT2D eigenvalue weighted by molar-refractivity contribution is -0.138. The number of hydrogen-bond acceptors (Lipinski definition) is 6. The number of aryl methyl sites for hydroxylation is 2. The minimum Gasteiger partial charge on any atom is -0.360 e. The molecule has 0 radical (unpaired) electrons. The Hall–Kier alpha value is -2.93. The van der Waals surface area contributed by atoms with Crippen LogP contribution < -0.4 is 4.72 Å². The van der Waals surface area contributed by atoms with Crippen molar-refractivity contribution in [3.05, 3.63) is 46.8 Å². The average molecular weight is 488 g/mol. The number of sulfonamides is 1. The number of alkyl halides is 3. The molecule has 2 amide bonds. The quantitative estimate of drug-likeness (QED) is 0.689. The maximum atomic E-state index is 13.2. The summed E-state index contributed by atoms with van der Waals surface area (Å²) < 4.78 is 72.1. The van der Waals surface area contributed by atoms with E-state index in [1.807, 2.05) is 0 Å². The third kappa shape index (κ3) is 5.19. The smallest absolute Gasteiger partial charge is 0.360 e. The number of carbonyl (C=O) groups is 2. The molecule has 13 heteroatoms. The van der Waals surface area contributed by atoms with Gasteiger partial charge in [-0.15, -0.1) is 0 Å². The van der Waals surface area contributed by atoms with E-state index in [4.69, 9.17) is 4.52 Å². The number of rotatable bonds is 5. The maximum Gasteiger partial charge on any atom is 0.417 e. The highest BCUT2D eigenvalue weighted by atomic mass is 32.2. The van der Waals surface area contributed by atoms with Gasteiger partial charge in [-0.2, -0.15) is 17.9 Å². The molecule has 1 aliphatic rings. The number of nitrogens with one attached hydrogen (secondary N) is 1. The predicted molar refractivity (Wildman–Crippen MR) is 110 cm³/mol. The first-order chi connectivity index (χ1) is 15.3. The summed E-state index contributed by atoms with van der Waals surface area (Å²) in [5.41, 5.74) is -1.31. The van der Waals surface area contributed by atoms with Crippen molar-refractivity contribution in [1.29, 1.82) is 0 Å². The van der Waals surface area contributed by atoms with Gasteiger partial charge < -0.3 is 14.3 Å². The Morgan fingerprint density at radius 1 is 1.09 bits per heavy atom. The van der Waals surface area contributed by atoms with Gasteiger partial charge >= 0.3 is 6.18 Å². The van der Waals surface area contributed by atoms with Gasteiger partial charge in [0.15, 0.2) is 5.76 Å². The molecule has 1 atom stereocenters. The third-order valence-electron chi connectivity index (χ3n) is 5.28. The number of benzene rings is 1. The van der Waals surface area contributed by atoms with Gasteiger partial charge in [0.2, 0.25) is 15.9 Å². The van der Waals surface area contributed by atoms with Crippen LogP contribution in [0.15, 0.2) is 33.7 Å². The van der Waals surface area contributed by atoms with E-state index < -0.39 is 45.2 Å². The normalized spacial score (nSPS) is 16.1. The molecule has 3 rings (SSSR count). The molecular formula is C20H23F3N4O5S. The van der Waals surface area contributed by atoms with Crippen LogP contribution in [0.2, 0.25) is 0 Å². The van der Waals surface area contributed by atoms with Gasteiger partial charge in [-0.25, -0.2) is 8.42 Å². The third-order valence-corrected chi connectivity index (χ3v) is 7.06. The molecule has 2 heterocycles. The molecule has 9 nitrogen and oxygen atoms in total. The summed E-state index contributed by atoms with van der Waals surface area (Å²) in [6.45, 7) is 4.42. The number of hydrogen-bond donors (Lipinski definition) is 1. The number of halogens is 3. The van der Waals surface area contributed by atoms with Crippen LogP contribution in [0.5, 0.6) is 0 Å². The molecule has 1 fully saturated rings. The van der Waals surface area contributed by atoms with E-state index in [2.05, 4.69) is 9.88 Å². The van der Waals surface area contributed by atoms with Crippen molar-refractivity contribution in [1.82, 2.24) is 19.7 Å². The Morgan fingerprint density at radius 3 is 2.21 bits per heavy atom. The Bertz CT molecular complexity index is 1140. The van der Waals surface area contributed by atoms with Crippen LogP contribution in [0, 0.1) is 13.8 Å². The van der Waals surface area contributed by atoms with Gasteiger partial charge in [0.05, 0.1) is 17.2 Å². The van der Waals surface area contributed by atoms with E-state index in [9.17, 15) is 31.2 Å². The maximum absolute atomic E-state index is 13.2. The highest BCUT2D eigenvalue weighted by molar-refractivity contribution is 7.89. The Morgan fingerprint density at radius 2 is 1.67 bits per heavy atom. The van der Waals surface area contributed by atoms with Gasteiger partial charge in [0.1, 0.15) is 10.6 Å². The van der Waals surface area contributed by atoms with Gasteiger partial charge in [-0.05, 0) is 32.9 Å². The lowest BCUT2D eigenvalue weighted by Crippen LogP contribution is -2.55. The largest absolute Gasteiger partial charge is 0.417 e. The molecular weight excluding hydrogens is 465 g/mol. The number of carbonyl (C=O) groups excluding carboxylic acids is 2. The average Bonchev–Trinajstić information content (AvgIpc) is 3.10. The zero-order chi connectivity index (χ0) is 24.6. The van der Waals surface area contributed by atoms with Crippen molar-refractivity contribution >= 4 is 21.8 Å². The summed E-state index contributed by atoms with van der Waals surface area (Å²) in [4.78, 5) is 27.9. The summed E-state index contributed by atoms with van der Waals surface area (Å²) in [5, 5.41) is 3.60. The summed E-state index contributed by atoms with van der Waals surface area (Å²) in [7, 11) is -4.07. The molecule has 2 aromatic rings. The van der Waals surface area contributed by atoms with E-state index in [0.717, 1.165) is 12.1 Å². The molecule has 0 unspecified atom stereocenters. The molecule has 0 aliphatic carbocycles. The van der Waals surface area contributed by atoms with E-state index in [-0.39, 0.29) is 42.5 Å². The number of amides is 2. The lowest BCUT2D eigenvalue weighted by atomic mass is 10.1. The van der Waals surface area contributed by atoms with Crippen molar-refractivity contribution in [3.8, 4) is 0 Å². The number of aromatic nitrogens is 1. The first-order valence-corrected chi connectivity index (χ1v) is 11.5. The highest BCUT2D eigenvalue weighted by Gasteiger charge is 2.37. The first kappa shape index (κ1) is 24.7. The van der Waals surface area contributed by atoms with Crippen LogP contribution >= 0.6 is 0 Å². The molecule has 1 saturated heterocycles. The summed E-state index contributed by atoms with van der Waals surface area (Å²) in [6, 6.07) is 3.42. The molecule has 1 aromatic heterocycles. The molecule has 1 aliphatic heterocycles. The molecule has 180 valence electrons. The van der Waals surface area contributed by atoms with Crippen molar-refractivity contribution in [3.63, 3.8) is 0 Å². The second kappa shape index (κ2) is 9.14. The fourth-order valence-corrected chi connectivity index (χ4v) is 5.22. The minimum atomic E-state index is -4.67. The van der Waals surface area contributed by atoms with Crippen LogP contribution in [-0.4, -0.2) is 67.4 Å². The number of nitrogens with zero attached hydrogens (tertiary/aromatic N) is 3.